The molecule has 0 saturated carbocycles. The van der Waals surface area contributed by atoms with Crippen molar-refractivity contribution in [1.82, 2.24) is 15.3 Å². The van der Waals surface area contributed by atoms with E-state index < -0.39 is 0 Å². The SMILES string of the molecule is CCC1CC(Nc2nc(Cl)cc3ncccc23)CC(C)N1. The standard InChI is InChI=1S/C16H21ClN4/c1-3-11-8-12(7-10(2)19-11)20-16-13-5-4-6-18-14(13)9-15(17)21-16/h4-6,9-12,19H,3,7-8H2,1-2H3,(H,20,21). The summed E-state index contributed by atoms with van der Waals surface area (Å²) in [5, 5.41) is 8.73. The van der Waals surface area contributed by atoms with Crippen LogP contribution in [-0.4, -0.2) is 28.1 Å². The van der Waals surface area contributed by atoms with Crippen LogP contribution in [0.15, 0.2) is 24.4 Å². The number of fused-ring (bicyclic) bond motifs is 1. The smallest absolute Gasteiger partial charge is 0.137 e. The van der Waals surface area contributed by atoms with Gasteiger partial charge in [-0.05, 0) is 38.3 Å². The molecule has 0 bridgehead atoms. The van der Waals surface area contributed by atoms with E-state index in [1.165, 1.54) is 0 Å². The van der Waals surface area contributed by atoms with Crippen LogP contribution in [0, 0.1) is 0 Å². The molecular weight excluding hydrogens is 284 g/mol. The van der Waals surface area contributed by atoms with E-state index in [-0.39, 0.29) is 0 Å². The fraction of sp³-hybridized carbons (Fsp3) is 0.500. The molecule has 3 atom stereocenters. The van der Waals surface area contributed by atoms with Gasteiger partial charge in [-0.1, -0.05) is 18.5 Å². The van der Waals surface area contributed by atoms with Crippen LogP contribution in [0.1, 0.15) is 33.1 Å². The molecule has 1 aliphatic rings. The molecule has 5 heteroatoms. The summed E-state index contributed by atoms with van der Waals surface area (Å²) >= 11 is 6.12. The predicted octanol–water partition coefficient (Wildman–Crippen LogP) is 3.61. The second kappa shape index (κ2) is 6.16. The molecule has 21 heavy (non-hydrogen) atoms. The first-order valence-corrected chi connectivity index (χ1v) is 7.97. The molecular formula is C16H21ClN4. The summed E-state index contributed by atoms with van der Waals surface area (Å²) in [4.78, 5) is 8.83. The molecule has 0 aromatic carbocycles. The number of pyridine rings is 2. The van der Waals surface area contributed by atoms with Gasteiger partial charge in [-0.2, -0.15) is 0 Å². The first-order valence-electron chi connectivity index (χ1n) is 7.59. The highest BCUT2D eigenvalue weighted by Gasteiger charge is 2.25. The molecule has 3 rings (SSSR count). The molecule has 0 aliphatic carbocycles. The van der Waals surface area contributed by atoms with Crippen LogP contribution < -0.4 is 10.6 Å². The Labute approximate surface area is 130 Å². The van der Waals surface area contributed by atoms with Crippen molar-refractivity contribution in [2.75, 3.05) is 5.32 Å². The summed E-state index contributed by atoms with van der Waals surface area (Å²) < 4.78 is 0. The van der Waals surface area contributed by atoms with Gasteiger partial charge in [0.15, 0.2) is 0 Å². The second-order valence-corrected chi connectivity index (χ2v) is 6.24. The number of nitrogens with one attached hydrogen (secondary N) is 2. The highest BCUT2D eigenvalue weighted by atomic mass is 35.5. The summed E-state index contributed by atoms with van der Waals surface area (Å²) in [7, 11) is 0. The predicted molar refractivity (Wildman–Crippen MR) is 87.9 cm³/mol. The van der Waals surface area contributed by atoms with E-state index in [0.717, 1.165) is 36.0 Å². The molecule has 1 fully saturated rings. The average Bonchev–Trinajstić information content (AvgIpc) is 2.46. The van der Waals surface area contributed by atoms with Gasteiger partial charge in [0.25, 0.3) is 0 Å². The van der Waals surface area contributed by atoms with Gasteiger partial charge in [0.05, 0.1) is 5.52 Å². The highest BCUT2D eigenvalue weighted by molar-refractivity contribution is 6.30. The van der Waals surface area contributed by atoms with E-state index in [4.69, 9.17) is 11.6 Å². The lowest BCUT2D eigenvalue weighted by Crippen LogP contribution is -2.48. The maximum absolute atomic E-state index is 6.12. The van der Waals surface area contributed by atoms with Gasteiger partial charge >= 0.3 is 0 Å². The lowest BCUT2D eigenvalue weighted by atomic mass is 9.93. The minimum atomic E-state index is 0.417. The Hall–Kier alpha value is -1.39. The van der Waals surface area contributed by atoms with Crippen molar-refractivity contribution in [2.45, 2.75) is 51.2 Å². The third-order valence-electron chi connectivity index (χ3n) is 4.13. The van der Waals surface area contributed by atoms with Crippen LogP contribution in [0.25, 0.3) is 10.9 Å². The van der Waals surface area contributed by atoms with Crippen molar-refractivity contribution < 1.29 is 0 Å². The van der Waals surface area contributed by atoms with Crippen LogP contribution in [0.5, 0.6) is 0 Å². The zero-order chi connectivity index (χ0) is 14.8. The number of nitrogens with zero attached hydrogens (tertiary/aromatic N) is 2. The maximum Gasteiger partial charge on any atom is 0.137 e. The molecule has 0 amide bonds. The fourth-order valence-corrected chi connectivity index (χ4v) is 3.34. The Kier molecular flexibility index (Phi) is 4.27. The topological polar surface area (TPSA) is 49.8 Å². The summed E-state index contributed by atoms with van der Waals surface area (Å²) in [5.74, 6) is 0.847. The van der Waals surface area contributed by atoms with E-state index in [1.807, 2.05) is 18.2 Å². The Morgan fingerprint density at radius 1 is 1.43 bits per heavy atom. The van der Waals surface area contributed by atoms with Crippen LogP contribution in [0.4, 0.5) is 5.82 Å². The van der Waals surface area contributed by atoms with E-state index >= 15 is 0 Å². The third-order valence-corrected chi connectivity index (χ3v) is 4.32. The molecule has 3 unspecified atom stereocenters. The molecule has 3 heterocycles. The monoisotopic (exact) mass is 304 g/mol. The van der Waals surface area contributed by atoms with E-state index in [0.29, 0.717) is 23.3 Å². The van der Waals surface area contributed by atoms with Crippen molar-refractivity contribution in [3.8, 4) is 0 Å². The number of rotatable bonds is 3. The van der Waals surface area contributed by atoms with Crippen molar-refractivity contribution in [2.24, 2.45) is 0 Å². The van der Waals surface area contributed by atoms with Gasteiger partial charge in [0, 0.05) is 35.8 Å². The van der Waals surface area contributed by atoms with Gasteiger partial charge in [-0.3, -0.25) is 4.98 Å². The zero-order valence-corrected chi connectivity index (χ0v) is 13.2. The molecule has 2 N–H and O–H groups in total. The number of piperidine rings is 1. The fourth-order valence-electron chi connectivity index (χ4n) is 3.16. The van der Waals surface area contributed by atoms with E-state index in [2.05, 4.69) is 34.4 Å². The van der Waals surface area contributed by atoms with Gasteiger partial charge < -0.3 is 10.6 Å². The number of hydrogen-bond acceptors (Lipinski definition) is 4. The minimum absolute atomic E-state index is 0.417. The number of hydrogen-bond donors (Lipinski definition) is 2. The molecule has 1 aliphatic heterocycles. The summed E-state index contributed by atoms with van der Waals surface area (Å²) in [6.07, 6.45) is 5.12. The normalized spacial score (nSPS) is 26.0. The zero-order valence-electron chi connectivity index (χ0n) is 12.4. The summed E-state index contributed by atoms with van der Waals surface area (Å²) in [5.41, 5.74) is 0.883. The van der Waals surface area contributed by atoms with Crippen LogP contribution in [0.2, 0.25) is 5.15 Å². The first-order chi connectivity index (χ1) is 10.2. The maximum atomic E-state index is 6.12. The van der Waals surface area contributed by atoms with Crippen molar-refractivity contribution in [1.29, 1.82) is 0 Å². The third kappa shape index (κ3) is 3.27. The van der Waals surface area contributed by atoms with Gasteiger partial charge in [-0.15, -0.1) is 0 Å². The van der Waals surface area contributed by atoms with Gasteiger partial charge in [-0.25, -0.2) is 4.98 Å². The molecule has 0 spiro atoms. The van der Waals surface area contributed by atoms with E-state index in [1.54, 1.807) is 6.20 Å². The molecule has 2 aromatic heterocycles. The minimum Gasteiger partial charge on any atom is -0.367 e. The Morgan fingerprint density at radius 2 is 2.29 bits per heavy atom. The van der Waals surface area contributed by atoms with Crippen molar-refractivity contribution >= 4 is 28.3 Å². The molecule has 2 aromatic rings. The van der Waals surface area contributed by atoms with E-state index in [9.17, 15) is 0 Å². The van der Waals surface area contributed by atoms with Gasteiger partial charge in [0.1, 0.15) is 11.0 Å². The Balaban J connectivity index is 1.87. The number of aromatic nitrogens is 2. The summed E-state index contributed by atoms with van der Waals surface area (Å²) in [6, 6.07) is 7.28. The van der Waals surface area contributed by atoms with Gasteiger partial charge in [0.2, 0.25) is 0 Å². The first kappa shape index (κ1) is 14.5. The van der Waals surface area contributed by atoms with Crippen LogP contribution >= 0.6 is 11.6 Å². The number of anilines is 1. The average molecular weight is 305 g/mol. The van der Waals surface area contributed by atoms with Crippen LogP contribution in [0.3, 0.4) is 0 Å². The van der Waals surface area contributed by atoms with Crippen LogP contribution in [-0.2, 0) is 0 Å². The van der Waals surface area contributed by atoms with Crippen molar-refractivity contribution in [3.63, 3.8) is 0 Å². The summed E-state index contributed by atoms with van der Waals surface area (Å²) in [6.45, 7) is 4.46. The van der Waals surface area contributed by atoms with Crippen molar-refractivity contribution in [3.05, 3.63) is 29.5 Å². The lowest BCUT2D eigenvalue weighted by Gasteiger charge is -2.35. The molecule has 0 radical (unpaired) electrons. The largest absolute Gasteiger partial charge is 0.367 e. The number of halogens is 1. The quantitative estimate of drug-likeness (QED) is 0.851. The Morgan fingerprint density at radius 3 is 3.10 bits per heavy atom. The molecule has 4 nitrogen and oxygen atoms in total. The molecule has 1 saturated heterocycles. The highest BCUT2D eigenvalue weighted by Crippen LogP contribution is 2.26. The lowest BCUT2D eigenvalue weighted by molar-refractivity contribution is 0.308. The molecule has 112 valence electrons. The Bertz CT molecular complexity index is 631. The second-order valence-electron chi connectivity index (χ2n) is 5.85.